The molecule has 0 aliphatic carbocycles. The summed E-state index contributed by atoms with van der Waals surface area (Å²) in [4.78, 5) is 0. The highest BCUT2D eigenvalue weighted by Crippen LogP contribution is 2.26. The first-order valence-corrected chi connectivity index (χ1v) is 5.31. The Morgan fingerprint density at radius 2 is 2.12 bits per heavy atom. The lowest BCUT2D eigenvalue weighted by Crippen LogP contribution is -1.96. The first-order valence-electron chi connectivity index (χ1n) is 5.31. The predicted molar refractivity (Wildman–Crippen MR) is 65.4 cm³/mol. The fourth-order valence-corrected chi connectivity index (χ4v) is 1.85. The summed E-state index contributed by atoms with van der Waals surface area (Å²) in [7, 11) is 1.82. The molecule has 2 heterocycles. The van der Waals surface area contributed by atoms with Crippen molar-refractivity contribution in [3.63, 3.8) is 0 Å². The Labute approximate surface area is 97.8 Å². The predicted octanol–water partition coefficient (Wildman–Crippen LogP) is 2.12. The van der Waals surface area contributed by atoms with Crippen molar-refractivity contribution < 1.29 is 4.52 Å². The summed E-state index contributed by atoms with van der Waals surface area (Å²) in [6.45, 7) is 1.92. The van der Waals surface area contributed by atoms with Gasteiger partial charge in [-0.3, -0.25) is 4.68 Å². The van der Waals surface area contributed by atoms with Crippen LogP contribution in [0.4, 0.5) is 5.82 Å². The Kier molecular flexibility index (Phi) is 1.95. The normalized spacial score (nSPS) is 11.2. The third-order valence-corrected chi connectivity index (χ3v) is 2.86. The molecular weight excluding hydrogens is 216 g/mol. The highest BCUT2D eigenvalue weighted by molar-refractivity contribution is 5.84. The lowest BCUT2D eigenvalue weighted by atomic mass is 10.1. The minimum atomic E-state index is 0.633. The number of benzene rings is 1. The average Bonchev–Trinajstić information content (AvgIpc) is 2.84. The number of anilines is 1. The number of nitrogen functional groups attached to an aromatic ring is 1. The molecule has 0 saturated carbocycles. The molecule has 0 unspecified atom stereocenters. The van der Waals surface area contributed by atoms with Crippen LogP contribution in [0.3, 0.4) is 0 Å². The van der Waals surface area contributed by atoms with Crippen LogP contribution in [0.1, 0.15) is 5.69 Å². The second kappa shape index (κ2) is 3.35. The van der Waals surface area contributed by atoms with Crippen molar-refractivity contribution in [3.05, 3.63) is 30.0 Å². The van der Waals surface area contributed by atoms with Crippen LogP contribution in [0.5, 0.6) is 0 Å². The lowest BCUT2D eigenvalue weighted by molar-refractivity contribution is 0.450. The topological polar surface area (TPSA) is 69.9 Å². The molecule has 2 N–H and O–H groups in total. The molecule has 0 fully saturated rings. The number of nitrogens with two attached hydrogens (primary N) is 1. The van der Waals surface area contributed by atoms with Crippen molar-refractivity contribution in [2.45, 2.75) is 6.92 Å². The minimum absolute atomic E-state index is 0.633. The van der Waals surface area contributed by atoms with Gasteiger partial charge in [0.1, 0.15) is 5.82 Å². The van der Waals surface area contributed by atoms with Gasteiger partial charge in [0.05, 0.1) is 11.4 Å². The number of fused-ring (bicyclic) bond motifs is 1. The average molecular weight is 228 g/mol. The van der Waals surface area contributed by atoms with Crippen LogP contribution in [0, 0.1) is 6.92 Å². The number of nitrogens with zero attached hydrogens (tertiary/aromatic N) is 3. The van der Waals surface area contributed by atoms with Gasteiger partial charge in [-0.15, -0.1) is 0 Å². The van der Waals surface area contributed by atoms with Gasteiger partial charge in [-0.1, -0.05) is 11.2 Å². The highest BCUT2D eigenvalue weighted by atomic mass is 16.5. The first-order chi connectivity index (χ1) is 8.15. The molecule has 0 bridgehead atoms. The van der Waals surface area contributed by atoms with Crippen molar-refractivity contribution in [3.8, 4) is 11.3 Å². The molecule has 0 spiro atoms. The molecule has 3 rings (SSSR count). The van der Waals surface area contributed by atoms with Crippen molar-refractivity contribution in [1.29, 1.82) is 0 Å². The van der Waals surface area contributed by atoms with E-state index in [2.05, 4.69) is 10.3 Å². The molecule has 17 heavy (non-hydrogen) atoms. The summed E-state index contributed by atoms with van der Waals surface area (Å²) in [6, 6.07) is 7.75. The maximum atomic E-state index is 5.76. The lowest BCUT2D eigenvalue weighted by Gasteiger charge is -1.95. The maximum Gasteiger partial charge on any atom is 0.167 e. The third-order valence-electron chi connectivity index (χ3n) is 2.86. The molecule has 0 aliphatic heterocycles. The van der Waals surface area contributed by atoms with E-state index in [1.807, 2.05) is 38.2 Å². The van der Waals surface area contributed by atoms with Gasteiger partial charge in [0.15, 0.2) is 5.58 Å². The van der Waals surface area contributed by atoms with Gasteiger partial charge in [-0.2, -0.15) is 5.10 Å². The molecule has 2 aromatic heterocycles. The van der Waals surface area contributed by atoms with Crippen LogP contribution < -0.4 is 5.73 Å². The van der Waals surface area contributed by atoms with E-state index < -0.39 is 0 Å². The summed E-state index contributed by atoms with van der Waals surface area (Å²) < 4.78 is 6.88. The van der Waals surface area contributed by atoms with Crippen LogP contribution >= 0.6 is 0 Å². The molecule has 5 heteroatoms. The smallest absolute Gasteiger partial charge is 0.167 e. The van der Waals surface area contributed by atoms with E-state index in [4.69, 9.17) is 10.3 Å². The number of hydrogen-bond acceptors (Lipinski definition) is 4. The van der Waals surface area contributed by atoms with E-state index in [1.165, 1.54) is 0 Å². The van der Waals surface area contributed by atoms with Gasteiger partial charge < -0.3 is 10.3 Å². The maximum absolute atomic E-state index is 5.76. The Bertz CT molecular complexity index is 676. The van der Waals surface area contributed by atoms with E-state index >= 15 is 0 Å². The molecule has 1 aromatic carbocycles. The summed E-state index contributed by atoms with van der Waals surface area (Å²) in [5.41, 5.74) is 9.23. The van der Waals surface area contributed by atoms with E-state index in [9.17, 15) is 0 Å². The molecule has 0 amide bonds. The Morgan fingerprint density at radius 3 is 2.82 bits per heavy atom. The Balaban J connectivity index is 2.17. The fraction of sp³-hybridized carbons (Fsp3) is 0.167. The monoisotopic (exact) mass is 228 g/mol. The summed E-state index contributed by atoms with van der Waals surface area (Å²) in [5.74, 6) is 0.633. The van der Waals surface area contributed by atoms with Gasteiger partial charge >= 0.3 is 0 Å². The van der Waals surface area contributed by atoms with Crippen molar-refractivity contribution in [1.82, 2.24) is 14.9 Å². The van der Waals surface area contributed by atoms with E-state index in [0.29, 0.717) is 5.82 Å². The quantitative estimate of drug-likeness (QED) is 0.692. The molecular formula is C12H12N4O. The van der Waals surface area contributed by atoms with Gasteiger partial charge in [0, 0.05) is 24.1 Å². The molecule has 0 aliphatic rings. The Morgan fingerprint density at radius 1 is 1.29 bits per heavy atom. The van der Waals surface area contributed by atoms with Crippen molar-refractivity contribution >= 4 is 16.8 Å². The fourth-order valence-electron chi connectivity index (χ4n) is 1.85. The third kappa shape index (κ3) is 1.47. The van der Waals surface area contributed by atoms with Crippen LogP contribution in [-0.2, 0) is 7.05 Å². The first kappa shape index (κ1) is 9.89. The second-order valence-corrected chi connectivity index (χ2v) is 4.06. The SMILES string of the molecule is Cc1noc2cc(-c3cc(N)n(C)n3)ccc12. The van der Waals surface area contributed by atoms with Crippen LogP contribution in [0.15, 0.2) is 28.8 Å². The Hall–Kier alpha value is -2.30. The summed E-state index contributed by atoms with van der Waals surface area (Å²) in [6.07, 6.45) is 0. The molecule has 0 saturated heterocycles. The number of aromatic nitrogens is 3. The zero-order chi connectivity index (χ0) is 12.0. The molecule has 5 nitrogen and oxygen atoms in total. The van der Waals surface area contributed by atoms with E-state index in [0.717, 1.165) is 27.9 Å². The molecule has 86 valence electrons. The van der Waals surface area contributed by atoms with E-state index in [-0.39, 0.29) is 0 Å². The molecule has 3 aromatic rings. The van der Waals surface area contributed by atoms with Gasteiger partial charge in [0.25, 0.3) is 0 Å². The standard InChI is InChI=1S/C12H12N4O/c1-7-9-4-3-8(5-11(9)17-15-7)10-6-12(13)16(2)14-10/h3-6H,13H2,1-2H3. The van der Waals surface area contributed by atoms with Crippen molar-refractivity contribution in [2.24, 2.45) is 7.05 Å². The van der Waals surface area contributed by atoms with Crippen molar-refractivity contribution in [2.75, 3.05) is 5.73 Å². The number of aryl methyl sites for hydroxylation is 2. The zero-order valence-corrected chi connectivity index (χ0v) is 9.64. The van der Waals surface area contributed by atoms with E-state index in [1.54, 1.807) is 4.68 Å². The molecule has 0 atom stereocenters. The number of rotatable bonds is 1. The number of hydrogen-bond donors (Lipinski definition) is 1. The minimum Gasteiger partial charge on any atom is -0.384 e. The second-order valence-electron chi connectivity index (χ2n) is 4.06. The molecule has 0 radical (unpaired) electrons. The van der Waals surface area contributed by atoms with Crippen LogP contribution in [-0.4, -0.2) is 14.9 Å². The zero-order valence-electron chi connectivity index (χ0n) is 9.64. The van der Waals surface area contributed by atoms with Gasteiger partial charge in [-0.05, 0) is 19.1 Å². The summed E-state index contributed by atoms with van der Waals surface area (Å²) in [5, 5.41) is 9.28. The van der Waals surface area contributed by atoms with Gasteiger partial charge in [0.2, 0.25) is 0 Å². The van der Waals surface area contributed by atoms with Crippen LogP contribution in [0.2, 0.25) is 0 Å². The largest absolute Gasteiger partial charge is 0.384 e. The summed E-state index contributed by atoms with van der Waals surface area (Å²) >= 11 is 0. The highest BCUT2D eigenvalue weighted by Gasteiger charge is 2.09. The van der Waals surface area contributed by atoms with Crippen LogP contribution in [0.25, 0.3) is 22.2 Å². The van der Waals surface area contributed by atoms with Gasteiger partial charge in [-0.25, -0.2) is 0 Å².